The summed E-state index contributed by atoms with van der Waals surface area (Å²) in [6.45, 7) is 5.67. The molecule has 0 aliphatic carbocycles. The SMILES string of the molecule is CC1(C)CN(C(=O)c2cnc(-c3ccccc3)s2)CCC1N.Cl.Cl. The van der Waals surface area contributed by atoms with Gasteiger partial charge in [-0.25, -0.2) is 4.98 Å². The summed E-state index contributed by atoms with van der Waals surface area (Å²) in [5.41, 5.74) is 7.15. The molecule has 0 saturated carbocycles. The number of nitrogens with two attached hydrogens (primary N) is 1. The largest absolute Gasteiger partial charge is 0.337 e. The molecule has 132 valence electrons. The first-order valence-electron chi connectivity index (χ1n) is 7.53. The van der Waals surface area contributed by atoms with Gasteiger partial charge in [-0.3, -0.25) is 4.79 Å². The zero-order chi connectivity index (χ0) is 15.7. The number of hydrogen-bond acceptors (Lipinski definition) is 4. The molecule has 1 unspecified atom stereocenters. The smallest absolute Gasteiger partial charge is 0.265 e. The van der Waals surface area contributed by atoms with Gasteiger partial charge < -0.3 is 10.6 Å². The first kappa shape index (κ1) is 20.9. The molecule has 1 aliphatic rings. The van der Waals surface area contributed by atoms with Crippen molar-refractivity contribution in [2.45, 2.75) is 26.3 Å². The fraction of sp³-hybridized carbons (Fsp3) is 0.412. The quantitative estimate of drug-likeness (QED) is 0.850. The number of thiazole rings is 1. The van der Waals surface area contributed by atoms with Crippen LogP contribution in [0, 0.1) is 5.41 Å². The van der Waals surface area contributed by atoms with E-state index in [1.165, 1.54) is 11.3 Å². The minimum absolute atomic E-state index is 0. The van der Waals surface area contributed by atoms with Crippen LogP contribution in [-0.4, -0.2) is 34.9 Å². The molecule has 1 aromatic carbocycles. The minimum atomic E-state index is -0.0408. The van der Waals surface area contributed by atoms with E-state index in [1.54, 1.807) is 6.20 Å². The fourth-order valence-electron chi connectivity index (χ4n) is 2.79. The molecular formula is C17H23Cl2N3OS. The molecule has 1 fully saturated rings. The zero-order valence-electron chi connectivity index (χ0n) is 13.8. The molecule has 2 heterocycles. The van der Waals surface area contributed by atoms with Gasteiger partial charge in [-0.1, -0.05) is 44.2 Å². The lowest BCUT2D eigenvalue weighted by Crippen LogP contribution is -2.53. The zero-order valence-corrected chi connectivity index (χ0v) is 16.2. The summed E-state index contributed by atoms with van der Waals surface area (Å²) in [6.07, 6.45) is 2.54. The summed E-state index contributed by atoms with van der Waals surface area (Å²) in [7, 11) is 0. The van der Waals surface area contributed by atoms with Crippen molar-refractivity contribution >= 4 is 42.1 Å². The predicted molar refractivity (Wildman–Crippen MR) is 104 cm³/mol. The molecule has 2 N–H and O–H groups in total. The Balaban J connectivity index is 0.00000144. The maximum atomic E-state index is 12.7. The molecule has 1 saturated heterocycles. The van der Waals surface area contributed by atoms with Crippen LogP contribution in [0.4, 0.5) is 0 Å². The highest BCUT2D eigenvalue weighted by Crippen LogP contribution is 2.30. The fourth-order valence-corrected chi connectivity index (χ4v) is 3.68. The molecule has 1 aromatic heterocycles. The molecule has 2 aromatic rings. The van der Waals surface area contributed by atoms with E-state index in [0.29, 0.717) is 11.4 Å². The highest BCUT2D eigenvalue weighted by molar-refractivity contribution is 7.16. The van der Waals surface area contributed by atoms with Gasteiger partial charge in [-0.2, -0.15) is 0 Å². The topological polar surface area (TPSA) is 59.2 Å². The molecule has 1 amide bonds. The second kappa shape index (κ2) is 8.30. The van der Waals surface area contributed by atoms with Crippen molar-refractivity contribution in [3.8, 4) is 10.6 Å². The highest BCUT2D eigenvalue weighted by atomic mass is 35.5. The molecule has 3 rings (SSSR count). The Morgan fingerprint density at radius 1 is 1.29 bits per heavy atom. The van der Waals surface area contributed by atoms with E-state index in [2.05, 4.69) is 18.8 Å². The number of aromatic nitrogens is 1. The number of carbonyl (C=O) groups excluding carboxylic acids is 1. The van der Waals surface area contributed by atoms with Crippen molar-refractivity contribution in [2.75, 3.05) is 13.1 Å². The third kappa shape index (κ3) is 4.28. The molecule has 0 radical (unpaired) electrons. The van der Waals surface area contributed by atoms with Crippen LogP contribution >= 0.6 is 36.2 Å². The third-order valence-corrected chi connectivity index (χ3v) is 5.37. The maximum Gasteiger partial charge on any atom is 0.265 e. The van der Waals surface area contributed by atoms with E-state index >= 15 is 0 Å². The van der Waals surface area contributed by atoms with Gasteiger partial charge in [0.2, 0.25) is 0 Å². The summed E-state index contributed by atoms with van der Waals surface area (Å²) in [5.74, 6) is 0.0691. The average Bonchev–Trinajstić information content (AvgIpc) is 3.00. The van der Waals surface area contributed by atoms with Crippen LogP contribution in [0.3, 0.4) is 0 Å². The Hall–Kier alpha value is -1.14. The standard InChI is InChI=1S/C17H21N3OS.2ClH/c1-17(2)11-20(9-8-14(17)18)16(21)13-10-19-15(22-13)12-6-4-3-5-7-12;;/h3-7,10,14H,8-9,11,18H2,1-2H3;2*1H. The van der Waals surface area contributed by atoms with Crippen molar-refractivity contribution in [3.63, 3.8) is 0 Å². The Bertz CT molecular complexity index is 675. The molecule has 0 spiro atoms. The van der Waals surface area contributed by atoms with E-state index in [9.17, 15) is 4.79 Å². The molecule has 4 nitrogen and oxygen atoms in total. The van der Waals surface area contributed by atoms with Crippen molar-refractivity contribution in [3.05, 3.63) is 41.4 Å². The van der Waals surface area contributed by atoms with Crippen LogP contribution in [0.2, 0.25) is 0 Å². The number of benzene rings is 1. The monoisotopic (exact) mass is 387 g/mol. The first-order valence-corrected chi connectivity index (χ1v) is 8.35. The third-order valence-electron chi connectivity index (χ3n) is 4.34. The Labute approximate surface area is 159 Å². The van der Waals surface area contributed by atoms with Gasteiger partial charge in [0.25, 0.3) is 5.91 Å². The average molecular weight is 388 g/mol. The summed E-state index contributed by atoms with van der Waals surface area (Å²) in [6, 6.07) is 10.1. The van der Waals surface area contributed by atoms with Crippen molar-refractivity contribution in [2.24, 2.45) is 11.1 Å². The number of nitrogens with zero attached hydrogens (tertiary/aromatic N) is 2. The second-order valence-electron chi connectivity index (χ2n) is 6.51. The van der Waals surface area contributed by atoms with E-state index in [-0.39, 0.29) is 42.2 Å². The second-order valence-corrected chi connectivity index (χ2v) is 7.54. The number of carbonyl (C=O) groups is 1. The van der Waals surface area contributed by atoms with Crippen molar-refractivity contribution in [1.82, 2.24) is 9.88 Å². The molecule has 1 atom stereocenters. The van der Waals surface area contributed by atoms with E-state index in [4.69, 9.17) is 5.73 Å². The lowest BCUT2D eigenvalue weighted by molar-refractivity contribution is 0.0537. The van der Waals surface area contributed by atoms with Crippen LogP contribution in [0.15, 0.2) is 36.5 Å². The molecule has 7 heteroatoms. The number of amides is 1. The van der Waals surface area contributed by atoms with Gasteiger partial charge >= 0.3 is 0 Å². The summed E-state index contributed by atoms with van der Waals surface area (Å²) >= 11 is 1.46. The minimum Gasteiger partial charge on any atom is -0.337 e. The highest BCUT2D eigenvalue weighted by Gasteiger charge is 2.36. The molecule has 24 heavy (non-hydrogen) atoms. The normalized spacial score (nSPS) is 19.1. The van der Waals surface area contributed by atoms with Gasteiger partial charge in [-0.15, -0.1) is 36.2 Å². The van der Waals surface area contributed by atoms with Gasteiger partial charge in [0.15, 0.2) is 0 Å². The van der Waals surface area contributed by atoms with Crippen LogP contribution in [0.5, 0.6) is 0 Å². The first-order chi connectivity index (χ1) is 10.5. The van der Waals surface area contributed by atoms with E-state index in [0.717, 1.165) is 23.5 Å². The number of likely N-dealkylation sites (tertiary alicyclic amines) is 1. The van der Waals surface area contributed by atoms with Crippen molar-refractivity contribution in [1.29, 1.82) is 0 Å². The van der Waals surface area contributed by atoms with Crippen LogP contribution in [0.1, 0.15) is 29.9 Å². The number of rotatable bonds is 2. The van der Waals surface area contributed by atoms with Gasteiger partial charge in [0.05, 0.1) is 6.20 Å². The summed E-state index contributed by atoms with van der Waals surface area (Å²) < 4.78 is 0. The Kier molecular flexibility index (Phi) is 7.23. The van der Waals surface area contributed by atoms with E-state index < -0.39 is 0 Å². The van der Waals surface area contributed by atoms with Gasteiger partial charge in [0, 0.05) is 24.7 Å². The maximum absolute atomic E-state index is 12.7. The number of hydrogen-bond donors (Lipinski definition) is 1. The van der Waals surface area contributed by atoms with Crippen LogP contribution < -0.4 is 5.73 Å². The van der Waals surface area contributed by atoms with Gasteiger partial charge in [-0.05, 0) is 11.8 Å². The summed E-state index contributed by atoms with van der Waals surface area (Å²) in [5, 5.41) is 0.886. The van der Waals surface area contributed by atoms with Crippen molar-refractivity contribution < 1.29 is 4.79 Å². The molecular weight excluding hydrogens is 365 g/mol. The number of piperidine rings is 1. The molecule has 0 bridgehead atoms. The Morgan fingerprint density at radius 3 is 2.58 bits per heavy atom. The number of halogens is 2. The molecule has 1 aliphatic heterocycles. The summed E-state index contributed by atoms with van der Waals surface area (Å²) in [4.78, 5) is 19.7. The Morgan fingerprint density at radius 2 is 1.96 bits per heavy atom. The van der Waals surface area contributed by atoms with Gasteiger partial charge in [0.1, 0.15) is 9.88 Å². The van der Waals surface area contributed by atoms with Crippen LogP contribution in [-0.2, 0) is 0 Å². The predicted octanol–water partition coefficient (Wildman–Crippen LogP) is 3.85. The van der Waals surface area contributed by atoms with Crippen LogP contribution in [0.25, 0.3) is 10.6 Å². The lowest BCUT2D eigenvalue weighted by Gasteiger charge is -2.42. The van der Waals surface area contributed by atoms with E-state index in [1.807, 2.05) is 35.2 Å². The lowest BCUT2D eigenvalue weighted by atomic mass is 9.79.